The van der Waals surface area contributed by atoms with Crippen LogP contribution in [0.2, 0.25) is 0 Å². The van der Waals surface area contributed by atoms with E-state index in [0.29, 0.717) is 54.6 Å². The number of aromatic nitrogens is 1. The minimum atomic E-state index is -4.50. The summed E-state index contributed by atoms with van der Waals surface area (Å²) in [5.74, 6) is -0.985. The van der Waals surface area contributed by atoms with Crippen molar-refractivity contribution < 1.29 is 37.0 Å². The smallest absolute Gasteiger partial charge is 0.416 e. The fourth-order valence-electron chi connectivity index (χ4n) is 6.49. The molecule has 54 heavy (non-hydrogen) atoms. The zero-order valence-corrected chi connectivity index (χ0v) is 30.0. The van der Waals surface area contributed by atoms with Gasteiger partial charge in [-0.1, -0.05) is 12.1 Å². The van der Waals surface area contributed by atoms with Gasteiger partial charge in [0, 0.05) is 80.0 Å². The lowest BCUT2D eigenvalue weighted by Gasteiger charge is -2.29. The van der Waals surface area contributed by atoms with Gasteiger partial charge in [-0.3, -0.25) is 24.3 Å². The van der Waals surface area contributed by atoms with Crippen molar-refractivity contribution in [3.05, 3.63) is 107 Å². The van der Waals surface area contributed by atoms with Gasteiger partial charge in [0.1, 0.15) is 5.75 Å². The first kappa shape index (κ1) is 38.3. The van der Waals surface area contributed by atoms with E-state index in [4.69, 9.17) is 9.47 Å². The van der Waals surface area contributed by atoms with Gasteiger partial charge in [0.05, 0.1) is 37.3 Å². The van der Waals surface area contributed by atoms with Gasteiger partial charge >= 0.3 is 6.18 Å². The zero-order chi connectivity index (χ0) is 38.1. The van der Waals surface area contributed by atoms with Gasteiger partial charge in [-0.05, 0) is 85.5 Å². The van der Waals surface area contributed by atoms with Crippen molar-refractivity contribution in [2.24, 2.45) is 0 Å². The number of methoxy groups -OCH3 is 1. The Morgan fingerprint density at radius 1 is 0.815 bits per heavy atom. The summed E-state index contributed by atoms with van der Waals surface area (Å²) in [4.78, 5) is 49.3. The van der Waals surface area contributed by atoms with Crippen molar-refractivity contribution in [1.82, 2.24) is 20.5 Å². The summed E-state index contributed by atoms with van der Waals surface area (Å²) in [6, 6.07) is 18.2. The lowest BCUT2D eigenvalue weighted by Crippen LogP contribution is -2.41. The Morgan fingerprint density at radius 2 is 1.56 bits per heavy atom. The maximum atomic E-state index is 13.8. The topological polar surface area (TPSA) is 125 Å². The molecule has 3 amide bonds. The molecule has 4 aromatic rings. The molecule has 0 radical (unpaired) electrons. The molecule has 0 aliphatic carbocycles. The molecule has 3 aromatic carbocycles. The van der Waals surface area contributed by atoms with E-state index in [1.165, 1.54) is 37.6 Å². The number of rotatable bonds is 12. The first-order chi connectivity index (χ1) is 26.1. The number of hydrogen-bond donors (Lipinski definition) is 3. The Morgan fingerprint density at radius 3 is 2.30 bits per heavy atom. The predicted molar refractivity (Wildman–Crippen MR) is 199 cm³/mol. The van der Waals surface area contributed by atoms with Crippen LogP contribution in [0.15, 0.2) is 79.0 Å². The van der Waals surface area contributed by atoms with Gasteiger partial charge in [0.15, 0.2) is 0 Å². The van der Waals surface area contributed by atoms with Gasteiger partial charge in [-0.2, -0.15) is 13.2 Å². The molecule has 0 unspecified atom stereocenters. The zero-order valence-electron chi connectivity index (χ0n) is 30.0. The number of nitrogens with zero attached hydrogens (tertiary/aromatic N) is 3. The number of halogens is 3. The van der Waals surface area contributed by atoms with E-state index in [-0.39, 0.29) is 29.1 Å². The van der Waals surface area contributed by atoms with Crippen LogP contribution in [0.1, 0.15) is 61.5 Å². The number of carbonyl (C=O) groups is 3. The third-order valence-corrected chi connectivity index (χ3v) is 9.46. The molecule has 2 aliphatic heterocycles. The molecule has 3 N–H and O–H groups in total. The highest BCUT2D eigenvalue weighted by molar-refractivity contribution is 6.08. The largest absolute Gasteiger partial charge is 0.497 e. The number of carbonyl (C=O) groups excluding carboxylic acids is 3. The number of alkyl halides is 3. The summed E-state index contributed by atoms with van der Waals surface area (Å²) in [7, 11) is 1.46. The van der Waals surface area contributed by atoms with Crippen molar-refractivity contribution in [3.8, 4) is 17.0 Å². The molecule has 6 rings (SSSR count). The summed E-state index contributed by atoms with van der Waals surface area (Å²) in [5.41, 5.74) is 2.54. The number of amides is 3. The van der Waals surface area contributed by atoms with Crippen LogP contribution in [-0.2, 0) is 17.5 Å². The standard InChI is InChI=1S/C40H43F3N6O5/c1-53-33-22-29(38(51)45-12-15-48-16-18-54-19-17-48)21-30(23-33)39(52)47-35-9-8-32(49-13-3-2-4-14-49)25-34(35)36-24-28(10-11-44-36)37(50)46-26-27-6-5-7-31(20-27)40(41,42)43/h5-11,20-25H,2-4,12-19,26H2,1H3,(H,45,51)(H,46,50)(H,47,52). The second kappa shape index (κ2) is 17.6. The van der Waals surface area contributed by atoms with Crippen molar-refractivity contribution >= 4 is 29.1 Å². The van der Waals surface area contributed by atoms with Crippen molar-refractivity contribution in [3.63, 3.8) is 0 Å². The van der Waals surface area contributed by atoms with E-state index < -0.39 is 23.6 Å². The Hall–Kier alpha value is -5.47. The van der Waals surface area contributed by atoms with Gasteiger partial charge in [0.2, 0.25) is 0 Å². The fourth-order valence-corrected chi connectivity index (χ4v) is 6.49. The number of hydrogen-bond acceptors (Lipinski definition) is 8. The Balaban J connectivity index is 1.22. The van der Waals surface area contributed by atoms with Crippen LogP contribution in [0.25, 0.3) is 11.3 Å². The highest BCUT2D eigenvalue weighted by Crippen LogP contribution is 2.34. The predicted octanol–water partition coefficient (Wildman–Crippen LogP) is 6.01. The number of pyridine rings is 1. The van der Waals surface area contributed by atoms with Gasteiger partial charge in [-0.15, -0.1) is 0 Å². The Labute approximate surface area is 311 Å². The lowest BCUT2D eigenvalue weighted by molar-refractivity contribution is -0.137. The summed E-state index contributed by atoms with van der Waals surface area (Å²) >= 11 is 0. The molecule has 1 aromatic heterocycles. The molecule has 0 saturated carbocycles. The average Bonchev–Trinajstić information content (AvgIpc) is 3.20. The molecule has 3 heterocycles. The maximum Gasteiger partial charge on any atom is 0.416 e. The summed E-state index contributed by atoms with van der Waals surface area (Å²) < 4.78 is 50.5. The molecule has 284 valence electrons. The quantitative estimate of drug-likeness (QED) is 0.161. The van der Waals surface area contributed by atoms with Crippen LogP contribution in [-0.4, -0.2) is 87.2 Å². The third kappa shape index (κ3) is 9.94. The summed E-state index contributed by atoms with van der Waals surface area (Å²) in [6.07, 6.45) is 0.215. The van der Waals surface area contributed by atoms with E-state index in [1.807, 2.05) is 12.1 Å². The molecule has 0 atom stereocenters. The number of piperidine rings is 1. The van der Waals surface area contributed by atoms with E-state index in [9.17, 15) is 27.6 Å². The van der Waals surface area contributed by atoms with E-state index in [2.05, 4.69) is 30.7 Å². The van der Waals surface area contributed by atoms with Gasteiger partial charge in [-0.25, -0.2) is 0 Å². The number of benzene rings is 3. The second-order valence-corrected chi connectivity index (χ2v) is 13.2. The summed E-state index contributed by atoms with van der Waals surface area (Å²) in [5, 5.41) is 8.59. The molecule has 2 fully saturated rings. The van der Waals surface area contributed by atoms with Gasteiger partial charge < -0.3 is 30.3 Å². The number of ether oxygens (including phenoxy) is 2. The van der Waals surface area contributed by atoms with Crippen molar-refractivity contribution in [2.45, 2.75) is 32.0 Å². The second-order valence-electron chi connectivity index (χ2n) is 13.2. The number of nitrogens with one attached hydrogen (secondary N) is 3. The average molecular weight is 745 g/mol. The SMILES string of the molecule is COc1cc(C(=O)NCCN2CCOCC2)cc(C(=O)Nc2ccc(N3CCCCC3)cc2-c2cc(C(=O)NCc3cccc(C(F)(F)F)c3)ccn2)c1. The van der Waals surface area contributed by atoms with Gasteiger partial charge in [0.25, 0.3) is 17.7 Å². The Kier molecular flexibility index (Phi) is 12.4. The molecule has 11 nitrogen and oxygen atoms in total. The van der Waals surface area contributed by atoms with Crippen LogP contribution >= 0.6 is 0 Å². The fraction of sp³-hybridized carbons (Fsp3) is 0.350. The first-order valence-electron chi connectivity index (χ1n) is 18.0. The Bertz CT molecular complexity index is 1960. The third-order valence-electron chi connectivity index (χ3n) is 9.46. The normalized spacial score (nSPS) is 15.0. The maximum absolute atomic E-state index is 13.8. The number of anilines is 2. The van der Waals surface area contributed by atoms with Crippen molar-refractivity contribution in [2.75, 3.05) is 69.8 Å². The van der Waals surface area contributed by atoms with E-state index in [0.717, 1.165) is 63.3 Å². The molecule has 0 bridgehead atoms. The van der Waals surface area contributed by atoms with E-state index in [1.54, 1.807) is 24.3 Å². The molecule has 2 saturated heterocycles. The van der Waals surface area contributed by atoms with Crippen LogP contribution in [0.4, 0.5) is 24.5 Å². The number of morpholine rings is 1. The first-order valence-corrected chi connectivity index (χ1v) is 18.0. The molecule has 2 aliphatic rings. The van der Waals surface area contributed by atoms with Crippen LogP contribution < -0.4 is 25.6 Å². The molecular formula is C40H43F3N6O5. The molecule has 0 spiro atoms. The van der Waals surface area contributed by atoms with Crippen molar-refractivity contribution in [1.29, 1.82) is 0 Å². The highest BCUT2D eigenvalue weighted by atomic mass is 19.4. The van der Waals surface area contributed by atoms with E-state index >= 15 is 0 Å². The monoisotopic (exact) mass is 744 g/mol. The lowest BCUT2D eigenvalue weighted by atomic mass is 10.0. The summed E-state index contributed by atoms with van der Waals surface area (Å²) in [6.45, 7) is 5.67. The molecule has 14 heteroatoms. The van der Waals surface area contributed by atoms with Crippen LogP contribution in [0, 0.1) is 0 Å². The molecular weight excluding hydrogens is 701 g/mol. The van der Waals surface area contributed by atoms with Crippen LogP contribution in [0.5, 0.6) is 5.75 Å². The minimum absolute atomic E-state index is 0.111. The van der Waals surface area contributed by atoms with Crippen LogP contribution in [0.3, 0.4) is 0 Å². The highest BCUT2D eigenvalue weighted by Gasteiger charge is 2.30. The minimum Gasteiger partial charge on any atom is -0.497 e.